The Bertz CT molecular complexity index is 810. The summed E-state index contributed by atoms with van der Waals surface area (Å²) in [5, 5.41) is 0. The summed E-state index contributed by atoms with van der Waals surface area (Å²) in [5.41, 5.74) is 15.5. The first-order valence-electron chi connectivity index (χ1n) is 7.92. The molecule has 0 radical (unpaired) electrons. The van der Waals surface area contributed by atoms with Crippen LogP contribution in [0.5, 0.6) is 5.75 Å². The summed E-state index contributed by atoms with van der Waals surface area (Å²) in [7, 11) is 0. The molecule has 0 fully saturated rings. The van der Waals surface area contributed by atoms with Crippen molar-refractivity contribution in [3.05, 3.63) is 42.5 Å². The second-order valence-electron chi connectivity index (χ2n) is 5.47. The van der Waals surface area contributed by atoms with Crippen LogP contribution >= 0.6 is 0 Å². The lowest BCUT2D eigenvalue weighted by Gasteiger charge is -2.11. The van der Waals surface area contributed by atoms with Crippen LogP contribution in [0.25, 0.3) is 22.4 Å². The quantitative estimate of drug-likeness (QED) is 0.686. The van der Waals surface area contributed by atoms with E-state index in [0.717, 1.165) is 34.6 Å². The minimum Gasteiger partial charge on any atom is -0.491 e. The summed E-state index contributed by atoms with van der Waals surface area (Å²) in [6.45, 7) is 4.00. The first-order valence-corrected chi connectivity index (χ1v) is 7.92. The fourth-order valence-corrected chi connectivity index (χ4v) is 2.68. The standard InChI is InChI=1S/C18H22N4O/c1-2-11-23-17-8-7-13(12-14(17)20)18-21-15-5-3-4-6-16(15)22(18)10-9-19/h3-8,12H,2,9-11,19-20H2,1H3. The smallest absolute Gasteiger partial charge is 0.142 e. The van der Waals surface area contributed by atoms with Crippen molar-refractivity contribution < 1.29 is 4.74 Å². The van der Waals surface area contributed by atoms with E-state index in [2.05, 4.69) is 17.6 Å². The highest BCUT2D eigenvalue weighted by Gasteiger charge is 2.13. The van der Waals surface area contributed by atoms with Crippen molar-refractivity contribution in [2.75, 3.05) is 18.9 Å². The molecule has 0 atom stereocenters. The Morgan fingerprint density at radius 1 is 1.17 bits per heavy atom. The van der Waals surface area contributed by atoms with Crippen molar-refractivity contribution in [3.8, 4) is 17.1 Å². The number of ether oxygens (including phenoxy) is 1. The Hall–Kier alpha value is -2.53. The molecule has 0 saturated carbocycles. The minimum atomic E-state index is 0.556. The van der Waals surface area contributed by atoms with Gasteiger partial charge >= 0.3 is 0 Å². The fraction of sp³-hybridized carbons (Fsp3) is 0.278. The maximum Gasteiger partial charge on any atom is 0.142 e. The highest BCUT2D eigenvalue weighted by atomic mass is 16.5. The summed E-state index contributed by atoms with van der Waals surface area (Å²) >= 11 is 0. The van der Waals surface area contributed by atoms with E-state index in [1.165, 1.54) is 0 Å². The van der Waals surface area contributed by atoms with Gasteiger partial charge in [-0.3, -0.25) is 0 Å². The molecule has 0 amide bonds. The molecule has 120 valence electrons. The SMILES string of the molecule is CCCOc1ccc(-c2nc3ccccc3n2CCN)cc1N. The van der Waals surface area contributed by atoms with Crippen molar-refractivity contribution in [1.29, 1.82) is 0 Å². The Balaban J connectivity index is 2.05. The number of hydrogen-bond donors (Lipinski definition) is 2. The van der Waals surface area contributed by atoms with E-state index in [0.29, 0.717) is 25.4 Å². The zero-order valence-corrected chi connectivity index (χ0v) is 13.3. The van der Waals surface area contributed by atoms with Crippen molar-refractivity contribution in [3.63, 3.8) is 0 Å². The second-order valence-corrected chi connectivity index (χ2v) is 5.47. The van der Waals surface area contributed by atoms with Gasteiger partial charge < -0.3 is 20.8 Å². The van der Waals surface area contributed by atoms with Crippen molar-refractivity contribution in [1.82, 2.24) is 9.55 Å². The van der Waals surface area contributed by atoms with Crippen LogP contribution in [0.1, 0.15) is 13.3 Å². The van der Waals surface area contributed by atoms with E-state index in [9.17, 15) is 0 Å². The maximum absolute atomic E-state index is 6.13. The summed E-state index contributed by atoms with van der Waals surface area (Å²) in [6.07, 6.45) is 0.952. The Labute approximate surface area is 135 Å². The molecule has 0 aliphatic heterocycles. The average Bonchev–Trinajstić information content (AvgIpc) is 2.93. The van der Waals surface area contributed by atoms with Gasteiger partial charge in [-0.2, -0.15) is 0 Å². The number of nitrogens with two attached hydrogens (primary N) is 2. The summed E-state index contributed by atoms with van der Waals surface area (Å²) < 4.78 is 7.78. The van der Waals surface area contributed by atoms with Crippen LogP contribution < -0.4 is 16.2 Å². The van der Waals surface area contributed by atoms with Gasteiger partial charge in [-0.15, -0.1) is 0 Å². The number of rotatable bonds is 6. The van der Waals surface area contributed by atoms with Gasteiger partial charge in [-0.1, -0.05) is 19.1 Å². The number of fused-ring (bicyclic) bond motifs is 1. The van der Waals surface area contributed by atoms with Crippen molar-refractivity contribution in [2.45, 2.75) is 19.9 Å². The molecule has 0 unspecified atom stereocenters. The van der Waals surface area contributed by atoms with Gasteiger partial charge in [0.25, 0.3) is 0 Å². The molecule has 3 rings (SSSR count). The van der Waals surface area contributed by atoms with E-state index in [-0.39, 0.29) is 0 Å². The number of hydrogen-bond acceptors (Lipinski definition) is 4. The predicted molar refractivity (Wildman–Crippen MR) is 94.4 cm³/mol. The van der Waals surface area contributed by atoms with Crippen LogP contribution in [0.2, 0.25) is 0 Å². The minimum absolute atomic E-state index is 0.556. The molecular weight excluding hydrogens is 288 g/mol. The second kappa shape index (κ2) is 6.71. The lowest BCUT2D eigenvalue weighted by molar-refractivity contribution is 0.319. The van der Waals surface area contributed by atoms with E-state index in [1.54, 1.807) is 0 Å². The lowest BCUT2D eigenvalue weighted by atomic mass is 10.1. The Kier molecular flexibility index (Phi) is 4.48. The first kappa shape index (κ1) is 15.4. The molecule has 4 N–H and O–H groups in total. The van der Waals surface area contributed by atoms with Crippen molar-refractivity contribution in [2.24, 2.45) is 5.73 Å². The van der Waals surface area contributed by atoms with Crippen LogP contribution in [0.3, 0.4) is 0 Å². The van der Waals surface area contributed by atoms with E-state index < -0.39 is 0 Å². The summed E-state index contributed by atoms with van der Waals surface area (Å²) in [5.74, 6) is 1.60. The van der Waals surface area contributed by atoms with Gasteiger partial charge in [0.1, 0.15) is 11.6 Å². The number of anilines is 1. The van der Waals surface area contributed by atoms with E-state index >= 15 is 0 Å². The van der Waals surface area contributed by atoms with Gasteiger partial charge in [0.05, 0.1) is 23.3 Å². The maximum atomic E-state index is 6.13. The molecule has 0 aliphatic rings. The number of para-hydroxylation sites is 2. The highest BCUT2D eigenvalue weighted by Crippen LogP contribution is 2.30. The van der Waals surface area contributed by atoms with Gasteiger partial charge in [-0.25, -0.2) is 4.98 Å². The molecule has 1 heterocycles. The lowest BCUT2D eigenvalue weighted by Crippen LogP contribution is -2.11. The third kappa shape index (κ3) is 3.00. The third-order valence-electron chi connectivity index (χ3n) is 3.74. The van der Waals surface area contributed by atoms with Crippen LogP contribution in [0.4, 0.5) is 5.69 Å². The molecule has 23 heavy (non-hydrogen) atoms. The topological polar surface area (TPSA) is 79.1 Å². The molecule has 0 bridgehead atoms. The number of aromatic nitrogens is 2. The van der Waals surface area contributed by atoms with Gasteiger partial charge in [-0.05, 0) is 36.8 Å². The van der Waals surface area contributed by atoms with E-state index in [4.69, 9.17) is 21.2 Å². The van der Waals surface area contributed by atoms with Crippen LogP contribution in [-0.4, -0.2) is 22.7 Å². The number of benzene rings is 2. The highest BCUT2D eigenvalue weighted by molar-refractivity contribution is 5.81. The molecule has 5 nitrogen and oxygen atoms in total. The Morgan fingerprint density at radius 3 is 2.74 bits per heavy atom. The number of nitrogen functional groups attached to an aromatic ring is 1. The fourth-order valence-electron chi connectivity index (χ4n) is 2.68. The molecule has 5 heteroatoms. The van der Waals surface area contributed by atoms with Crippen molar-refractivity contribution >= 4 is 16.7 Å². The molecular formula is C18H22N4O. The number of nitrogens with zero attached hydrogens (tertiary/aromatic N) is 2. The zero-order valence-electron chi connectivity index (χ0n) is 13.3. The normalized spacial score (nSPS) is 11.0. The predicted octanol–water partition coefficient (Wildman–Crippen LogP) is 3.03. The molecule has 1 aromatic heterocycles. The van der Waals surface area contributed by atoms with E-state index in [1.807, 2.05) is 36.4 Å². The summed E-state index contributed by atoms with van der Waals surface area (Å²) in [4.78, 5) is 4.75. The largest absolute Gasteiger partial charge is 0.491 e. The third-order valence-corrected chi connectivity index (χ3v) is 3.74. The van der Waals surface area contributed by atoms with Crippen LogP contribution in [0, 0.1) is 0 Å². The van der Waals surface area contributed by atoms with Gasteiger partial charge in [0, 0.05) is 18.7 Å². The zero-order chi connectivity index (χ0) is 16.2. The van der Waals surface area contributed by atoms with Gasteiger partial charge in [0.2, 0.25) is 0 Å². The molecule has 3 aromatic rings. The Morgan fingerprint density at radius 2 is 2.00 bits per heavy atom. The van der Waals surface area contributed by atoms with Crippen LogP contribution in [0.15, 0.2) is 42.5 Å². The molecule has 0 saturated heterocycles. The molecule has 0 aliphatic carbocycles. The summed E-state index contributed by atoms with van der Waals surface area (Å²) in [6, 6.07) is 13.9. The molecule has 0 spiro atoms. The monoisotopic (exact) mass is 310 g/mol. The van der Waals surface area contributed by atoms with Crippen LogP contribution in [-0.2, 0) is 6.54 Å². The number of imidazole rings is 1. The molecule has 2 aromatic carbocycles. The average molecular weight is 310 g/mol. The van der Waals surface area contributed by atoms with Gasteiger partial charge in [0.15, 0.2) is 0 Å². The first-order chi connectivity index (χ1) is 11.2.